The summed E-state index contributed by atoms with van der Waals surface area (Å²) in [7, 11) is -3.09. The number of carbonyl (C=O) groups is 1. The van der Waals surface area contributed by atoms with Gasteiger partial charge in [-0.25, -0.2) is 8.42 Å². The lowest BCUT2D eigenvalue weighted by Crippen LogP contribution is -2.24. The summed E-state index contributed by atoms with van der Waals surface area (Å²) in [5.74, 6) is -0.325. The van der Waals surface area contributed by atoms with Crippen molar-refractivity contribution in [3.63, 3.8) is 0 Å². The van der Waals surface area contributed by atoms with E-state index >= 15 is 0 Å². The molecule has 110 valence electrons. The second-order valence-electron chi connectivity index (χ2n) is 4.83. The third kappa shape index (κ3) is 3.07. The summed E-state index contributed by atoms with van der Waals surface area (Å²) in [5, 5.41) is 10.3. The van der Waals surface area contributed by atoms with E-state index in [4.69, 9.17) is 0 Å². The first-order valence-electron chi connectivity index (χ1n) is 6.39. The summed E-state index contributed by atoms with van der Waals surface area (Å²) < 4.78 is 22.7. The van der Waals surface area contributed by atoms with E-state index in [1.54, 1.807) is 18.3 Å². The zero-order valence-corrected chi connectivity index (χ0v) is 11.8. The van der Waals surface area contributed by atoms with Gasteiger partial charge in [0.05, 0.1) is 17.4 Å². The second-order valence-corrected chi connectivity index (χ2v) is 7.06. The van der Waals surface area contributed by atoms with E-state index in [0.717, 1.165) is 0 Å². The monoisotopic (exact) mass is 307 g/mol. The van der Waals surface area contributed by atoms with Crippen molar-refractivity contribution in [2.24, 2.45) is 5.92 Å². The van der Waals surface area contributed by atoms with Crippen LogP contribution in [-0.2, 0) is 14.6 Å². The molecular formula is C12H13N5O3S. The minimum atomic E-state index is -3.09. The van der Waals surface area contributed by atoms with Crippen molar-refractivity contribution in [3.8, 4) is 11.5 Å². The molecule has 0 saturated carbocycles. The number of hydrogen-bond acceptors (Lipinski definition) is 6. The first kappa shape index (κ1) is 13.7. The largest absolute Gasteiger partial charge is 0.306 e. The van der Waals surface area contributed by atoms with E-state index in [1.807, 2.05) is 6.07 Å². The molecule has 1 unspecified atom stereocenters. The van der Waals surface area contributed by atoms with Crippen LogP contribution in [0, 0.1) is 5.92 Å². The average Bonchev–Trinajstić information content (AvgIpc) is 3.06. The van der Waals surface area contributed by atoms with Gasteiger partial charge in [0, 0.05) is 6.20 Å². The first-order valence-corrected chi connectivity index (χ1v) is 8.21. The molecule has 0 aliphatic carbocycles. The number of hydrogen-bond donors (Lipinski definition) is 2. The van der Waals surface area contributed by atoms with Crippen molar-refractivity contribution in [1.82, 2.24) is 20.2 Å². The molecule has 8 nitrogen and oxygen atoms in total. The van der Waals surface area contributed by atoms with Crippen LogP contribution < -0.4 is 5.32 Å². The van der Waals surface area contributed by atoms with E-state index in [1.165, 1.54) is 0 Å². The van der Waals surface area contributed by atoms with Crippen molar-refractivity contribution in [1.29, 1.82) is 0 Å². The molecule has 1 amide bonds. The molecule has 2 N–H and O–H groups in total. The third-order valence-corrected chi connectivity index (χ3v) is 5.01. The Morgan fingerprint density at radius 1 is 1.33 bits per heavy atom. The fourth-order valence-corrected chi connectivity index (χ4v) is 3.90. The van der Waals surface area contributed by atoms with Crippen LogP contribution in [0.2, 0.25) is 0 Å². The molecule has 1 aliphatic rings. The molecule has 1 saturated heterocycles. The Bertz CT molecular complexity index is 756. The molecule has 1 fully saturated rings. The van der Waals surface area contributed by atoms with Crippen LogP contribution in [0.25, 0.3) is 11.5 Å². The maximum atomic E-state index is 12.0. The van der Waals surface area contributed by atoms with Gasteiger partial charge in [0.15, 0.2) is 15.7 Å². The number of carbonyl (C=O) groups excluding carboxylic acids is 1. The molecule has 2 aromatic heterocycles. The minimum Gasteiger partial charge on any atom is -0.306 e. The number of sulfone groups is 1. The van der Waals surface area contributed by atoms with Crippen LogP contribution in [0.1, 0.15) is 6.42 Å². The fraction of sp³-hybridized carbons (Fsp3) is 0.333. The van der Waals surface area contributed by atoms with Crippen LogP contribution in [0.5, 0.6) is 0 Å². The summed E-state index contributed by atoms with van der Waals surface area (Å²) in [6, 6.07) is 5.35. The van der Waals surface area contributed by atoms with Crippen molar-refractivity contribution in [2.75, 3.05) is 16.8 Å². The molecule has 9 heteroatoms. The Morgan fingerprint density at radius 3 is 2.86 bits per heavy atom. The molecule has 3 heterocycles. The number of amides is 1. The van der Waals surface area contributed by atoms with Crippen LogP contribution in [0.15, 0.2) is 24.4 Å². The Morgan fingerprint density at radius 2 is 2.19 bits per heavy atom. The van der Waals surface area contributed by atoms with Gasteiger partial charge in [0.2, 0.25) is 11.9 Å². The highest BCUT2D eigenvalue weighted by Crippen LogP contribution is 2.20. The molecule has 0 aromatic carbocycles. The van der Waals surface area contributed by atoms with Crippen molar-refractivity contribution in [3.05, 3.63) is 24.4 Å². The molecule has 3 rings (SSSR count). The first-order chi connectivity index (χ1) is 10.0. The van der Waals surface area contributed by atoms with Gasteiger partial charge in [0.25, 0.3) is 0 Å². The van der Waals surface area contributed by atoms with Crippen molar-refractivity contribution in [2.45, 2.75) is 6.42 Å². The van der Waals surface area contributed by atoms with Crippen LogP contribution in [-0.4, -0.2) is 46.0 Å². The number of anilines is 1. The summed E-state index contributed by atoms with van der Waals surface area (Å²) in [4.78, 5) is 18.9. The van der Waals surface area contributed by atoms with Gasteiger partial charge in [-0.2, -0.15) is 0 Å². The Kier molecular flexibility index (Phi) is 3.42. The molecule has 1 atom stereocenters. The number of H-pyrrole nitrogens is 1. The summed E-state index contributed by atoms with van der Waals surface area (Å²) in [5.41, 5.74) is 0.606. The van der Waals surface area contributed by atoms with Crippen LogP contribution in [0.4, 0.5) is 5.95 Å². The predicted molar refractivity (Wildman–Crippen MR) is 75.0 cm³/mol. The average molecular weight is 307 g/mol. The van der Waals surface area contributed by atoms with Gasteiger partial charge in [0.1, 0.15) is 5.69 Å². The van der Waals surface area contributed by atoms with E-state index in [9.17, 15) is 13.2 Å². The van der Waals surface area contributed by atoms with Crippen molar-refractivity contribution >= 4 is 21.7 Å². The molecular weight excluding hydrogens is 294 g/mol. The fourth-order valence-electron chi connectivity index (χ4n) is 2.16. The maximum Gasteiger partial charge on any atom is 0.230 e. The van der Waals surface area contributed by atoms with Gasteiger partial charge in [-0.1, -0.05) is 6.07 Å². The van der Waals surface area contributed by atoms with Gasteiger partial charge in [-0.15, -0.1) is 10.2 Å². The topological polar surface area (TPSA) is 118 Å². The lowest BCUT2D eigenvalue weighted by atomic mass is 10.1. The van der Waals surface area contributed by atoms with Crippen molar-refractivity contribution < 1.29 is 13.2 Å². The highest BCUT2D eigenvalue weighted by Gasteiger charge is 2.33. The molecule has 2 aromatic rings. The molecule has 0 bridgehead atoms. The number of aromatic nitrogens is 4. The molecule has 1 aliphatic heterocycles. The zero-order chi connectivity index (χ0) is 14.9. The Hall–Kier alpha value is -2.29. The maximum absolute atomic E-state index is 12.0. The SMILES string of the molecule is O=C(Nc1nnc(-c2ccccn2)[nH]1)C1CCS(=O)(=O)C1. The standard InChI is InChI=1S/C12H13N5O3S/c18-11(8-4-6-21(19,20)7-8)15-12-14-10(16-17-12)9-3-1-2-5-13-9/h1-3,5,8H,4,6-7H2,(H2,14,15,16,17,18). The quantitative estimate of drug-likeness (QED) is 0.838. The van der Waals surface area contributed by atoms with Crippen LogP contribution in [0.3, 0.4) is 0 Å². The number of nitrogens with zero attached hydrogens (tertiary/aromatic N) is 3. The van der Waals surface area contributed by atoms with Gasteiger partial charge < -0.3 is 4.98 Å². The summed E-state index contributed by atoms with van der Waals surface area (Å²) >= 11 is 0. The van der Waals surface area contributed by atoms with Crippen LogP contribution >= 0.6 is 0 Å². The Labute approximate surface area is 120 Å². The number of nitrogens with one attached hydrogen (secondary N) is 2. The Balaban J connectivity index is 1.69. The number of pyridine rings is 1. The normalized spacial score (nSPS) is 20.3. The highest BCUT2D eigenvalue weighted by molar-refractivity contribution is 7.91. The second kappa shape index (κ2) is 5.24. The van der Waals surface area contributed by atoms with E-state index < -0.39 is 15.8 Å². The molecule has 0 spiro atoms. The molecule has 0 radical (unpaired) electrons. The summed E-state index contributed by atoms with van der Waals surface area (Å²) in [6.45, 7) is 0. The predicted octanol–water partition coefficient (Wildman–Crippen LogP) is 0.240. The van der Waals surface area contributed by atoms with E-state index in [2.05, 4.69) is 25.5 Å². The lowest BCUT2D eigenvalue weighted by Gasteiger charge is -2.05. The summed E-state index contributed by atoms with van der Waals surface area (Å²) in [6.07, 6.45) is 1.97. The van der Waals surface area contributed by atoms with Gasteiger partial charge in [-0.3, -0.25) is 15.1 Å². The zero-order valence-electron chi connectivity index (χ0n) is 11.0. The smallest absolute Gasteiger partial charge is 0.230 e. The van der Waals surface area contributed by atoms with Gasteiger partial charge >= 0.3 is 0 Å². The number of rotatable bonds is 3. The minimum absolute atomic E-state index is 0.0562. The lowest BCUT2D eigenvalue weighted by molar-refractivity contribution is -0.119. The number of aromatic amines is 1. The van der Waals surface area contributed by atoms with E-state index in [0.29, 0.717) is 17.9 Å². The third-order valence-electron chi connectivity index (χ3n) is 3.24. The van der Waals surface area contributed by atoms with E-state index in [-0.39, 0.29) is 23.4 Å². The highest BCUT2D eigenvalue weighted by atomic mass is 32.2. The van der Waals surface area contributed by atoms with Gasteiger partial charge in [-0.05, 0) is 18.6 Å². The molecule has 21 heavy (non-hydrogen) atoms.